The Morgan fingerprint density at radius 2 is 0.699 bits per heavy atom. The Labute approximate surface area is 853 Å². The van der Waals surface area contributed by atoms with Crippen LogP contribution in [0.4, 0.5) is 17.1 Å². The quantitative estimate of drug-likeness (QED) is 0.0243. The summed E-state index contributed by atoms with van der Waals surface area (Å²) < 4.78 is 33.1. The van der Waals surface area contributed by atoms with E-state index in [0.29, 0.717) is 150 Å². The summed E-state index contributed by atoms with van der Waals surface area (Å²) >= 11 is 0. The Bertz CT molecular complexity index is 6200. The maximum atomic E-state index is 14.4. The second-order valence-electron chi connectivity index (χ2n) is 37.3. The van der Waals surface area contributed by atoms with Crippen LogP contribution < -0.4 is 59.1 Å². The summed E-state index contributed by atoms with van der Waals surface area (Å²) in [4.78, 5) is 164. The highest BCUT2D eigenvalue weighted by Crippen LogP contribution is 2.47. The van der Waals surface area contributed by atoms with Crippen molar-refractivity contribution >= 4 is 76.1 Å². The van der Waals surface area contributed by atoms with E-state index >= 15 is 0 Å². The number of anilines is 3. The smallest absolute Gasteiger partial charge is 0.269 e. The highest BCUT2D eigenvalue weighted by atomic mass is 16.5. The van der Waals surface area contributed by atoms with Gasteiger partial charge >= 0.3 is 0 Å². The molecular weight excluding hydrogens is 1850 g/mol. The number of fused-ring (bicyclic) bond motifs is 3. The van der Waals surface area contributed by atoms with Gasteiger partial charge in [-0.1, -0.05) is 133 Å². The largest absolute Gasteiger partial charge is 0.493 e. The fourth-order valence-corrected chi connectivity index (χ4v) is 21.1. The Balaban J connectivity index is 0.000000157. The number of aromatic nitrogens is 2. The third-order valence-corrected chi connectivity index (χ3v) is 29.2. The Morgan fingerprint density at radius 1 is 0.349 bits per heavy atom. The van der Waals surface area contributed by atoms with Crippen LogP contribution in [0.25, 0.3) is 0 Å². The number of carbonyl (C=O) groups excluding carboxylic acids is 10. The molecule has 0 bridgehead atoms. The zero-order valence-corrected chi connectivity index (χ0v) is 84.6. The number of imide groups is 3. The zero-order chi connectivity index (χ0) is 103. The minimum absolute atomic E-state index is 0.107. The van der Waals surface area contributed by atoms with E-state index in [1.165, 1.54) is 44.5 Å². The molecule has 11 aromatic rings. The highest BCUT2D eigenvalue weighted by Gasteiger charge is 2.48. The van der Waals surface area contributed by atoms with E-state index in [1.54, 1.807) is 127 Å². The van der Waals surface area contributed by atoms with Crippen molar-refractivity contribution in [1.82, 2.24) is 60.2 Å². The van der Waals surface area contributed by atoms with Crippen molar-refractivity contribution in [3.8, 4) is 34.5 Å². The fraction of sp³-hybridized carbons (Fsp3) is 0.357. The summed E-state index contributed by atoms with van der Waals surface area (Å²) in [5.74, 6) is 0.404. The van der Waals surface area contributed by atoms with Gasteiger partial charge < -0.3 is 64.0 Å². The van der Waals surface area contributed by atoms with Crippen molar-refractivity contribution < 1.29 is 76.4 Å². The molecule has 9 aromatic carbocycles. The van der Waals surface area contributed by atoms with E-state index in [2.05, 4.69) is 149 Å². The number of nitrogens with zero attached hydrogens (tertiary/aromatic N) is 12. The molecule has 31 heteroatoms. The number of hydrogen-bond donors (Lipinski definition) is 3. The van der Waals surface area contributed by atoms with Crippen molar-refractivity contribution in [1.29, 1.82) is 0 Å². The Kier molecular flexibility index (Phi) is 34.3. The molecular formula is C115H129N15O16. The summed E-state index contributed by atoms with van der Waals surface area (Å²) in [5, 5.41) is 8.82. The summed E-state index contributed by atoms with van der Waals surface area (Å²) in [6, 6.07) is 71.6. The van der Waals surface area contributed by atoms with Crippen LogP contribution in [0.1, 0.15) is 232 Å². The average molecular weight is 1980 g/mol. The van der Waals surface area contributed by atoms with E-state index in [0.717, 1.165) is 119 Å². The molecule has 2 aromatic heterocycles. The van der Waals surface area contributed by atoms with Gasteiger partial charge in [-0.05, 0) is 203 Å². The lowest BCUT2D eigenvalue weighted by Crippen LogP contribution is -2.47. The number of likely N-dealkylation sites (tertiary alicyclic amines) is 1. The first kappa shape index (κ1) is 104. The first-order valence-electron chi connectivity index (χ1n) is 50.3. The van der Waals surface area contributed by atoms with Gasteiger partial charge in [0.2, 0.25) is 11.8 Å². The van der Waals surface area contributed by atoms with Gasteiger partial charge in [0.1, 0.15) is 11.7 Å². The predicted octanol–water partition coefficient (Wildman–Crippen LogP) is 15.9. The van der Waals surface area contributed by atoms with Crippen LogP contribution in [-0.2, 0) is 9.59 Å². The van der Waals surface area contributed by atoms with Crippen LogP contribution in [0, 0.1) is 0 Å². The van der Waals surface area contributed by atoms with E-state index < -0.39 is 24.2 Å². The third kappa shape index (κ3) is 22.9. The molecule has 18 rings (SSSR count). The normalized spacial score (nSPS) is 17.0. The Hall–Kier alpha value is -15.3. The monoisotopic (exact) mass is 1980 g/mol. The fourth-order valence-electron chi connectivity index (χ4n) is 21.1. The lowest BCUT2D eigenvalue weighted by atomic mass is 9.99. The molecule has 760 valence electrons. The molecule has 4 fully saturated rings. The molecule has 10 amide bonds. The molecule has 7 aliphatic heterocycles. The Morgan fingerprint density at radius 3 is 1.03 bits per heavy atom. The highest BCUT2D eigenvalue weighted by molar-refractivity contribution is 6.26. The predicted molar refractivity (Wildman–Crippen MR) is 558 cm³/mol. The molecule has 3 N–H and O–H groups in total. The van der Waals surface area contributed by atoms with Crippen LogP contribution >= 0.6 is 0 Å². The number of carbonyl (C=O) groups is 10. The van der Waals surface area contributed by atoms with Crippen LogP contribution in [0.15, 0.2) is 249 Å². The number of benzene rings is 9. The molecule has 31 nitrogen and oxygen atoms in total. The number of ether oxygens (including phenoxy) is 6. The van der Waals surface area contributed by atoms with Gasteiger partial charge in [0, 0.05) is 148 Å². The lowest BCUT2D eigenvalue weighted by molar-refractivity contribution is -0.136. The van der Waals surface area contributed by atoms with Gasteiger partial charge in [0.25, 0.3) is 47.3 Å². The number of nitrogens with one attached hydrogen (secondary N) is 3. The van der Waals surface area contributed by atoms with Gasteiger partial charge in [-0.15, -0.1) is 0 Å². The first-order chi connectivity index (χ1) is 71.0. The molecule has 0 aliphatic carbocycles. The zero-order valence-electron chi connectivity index (χ0n) is 84.6. The van der Waals surface area contributed by atoms with E-state index in [9.17, 15) is 47.9 Å². The van der Waals surface area contributed by atoms with Gasteiger partial charge in [-0.3, -0.25) is 87.3 Å². The molecule has 7 aliphatic rings. The standard InChI is InChI=1S/C39H47N5O6.2C38H41N5O5/c1-26(28-11-6-5-7-12-28)41-21-23-42(24-22-41)32-14-8-13-30-36(32)39(48)44(38(30)47)31(29-17-18-34(49-3)35(25-29)50-4)15-9-19-40-37(46)33-16-10-20-43(33)27(2)45;1-26(27-10-5-4-6-11-27)41-20-22-42(23-21-41)32-14-7-13-30-35(32)38(46)43(37(30)45)31(28-16-17-33(47-2)34(24-28)48-3)15-9-19-40-36(44)29-12-8-18-39-25-29;1-26(27-11-5-4-6-12-27)41-21-23-42(24-22-41)32-15-9-13-29-35(32)38(46)43(37(29)45)31(28-17-18-33(47-2)34(25-28)48-3)16-10-20-40-36(44)30-14-7-8-19-39-30/h5-8,11-14,17-18,25-26,31,33H,9-10,15-16,19-24H2,1-4H3,(H,40,46);4-8,10-14,16-18,24-26,31H,9,15,19-23H2,1-3H3,(H,40,44);4-9,11-15,17-19,25-26,31H,10,16,20-24H2,1-3H3,(H,40,44)/t26-,31-,33-;2*26-,31-/m111/s1. The number of hydrogen-bond acceptors (Lipinski definition) is 24. The number of piperazine rings is 3. The summed E-state index contributed by atoms with van der Waals surface area (Å²) in [6.07, 6.45) is 8.94. The van der Waals surface area contributed by atoms with Crippen molar-refractivity contribution in [2.24, 2.45) is 0 Å². The lowest BCUT2D eigenvalue weighted by Gasteiger charge is -2.39. The van der Waals surface area contributed by atoms with Crippen molar-refractivity contribution in [3.05, 3.63) is 327 Å². The van der Waals surface area contributed by atoms with Crippen LogP contribution in [0.3, 0.4) is 0 Å². The minimum atomic E-state index is -0.615. The van der Waals surface area contributed by atoms with Gasteiger partial charge in [-0.25, -0.2) is 0 Å². The molecule has 0 radical (unpaired) electrons. The van der Waals surface area contributed by atoms with Gasteiger partial charge in [0.15, 0.2) is 34.5 Å². The molecule has 0 spiro atoms. The summed E-state index contributed by atoms with van der Waals surface area (Å²) in [7, 11) is 9.34. The maximum absolute atomic E-state index is 14.4. The summed E-state index contributed by atoms with van der Waals surface area (Å²) in [6.45, 7) is 19.2. The molecule has 9 heterocycles. The first-order valence-corrected chi connectivity index (χ1v) is 50.3. The van der Waals surface area contributed by atoms with E-state index in [-0.39, 0.29) is 77.2 Å². The average Bonchev–Trinajstić information content (AvgIpc) is 1.60. The molecule has 7 atom stereocenters. The van der Waals surface area contributed by atoms with Gasteiger partial charge in [0.05, 0.1) is 117 Å². The SMILES string of the molecule is COc1ccc([C@@H](CCCNC(=O)[C@H]2CCCN2C(C)=O)N2C(=O)c3cccc(N4CCN([C@H](C)c5ccccc5)CC4)c3C2=O)cc1OC.COc1ccc([C@@H](CCCNC(=O)c2ccccn2)N2C(=O)c3cccc(N4CCN([C@H](C)c5ccccc5)CC4)c3C2=O)cc1OC.COc1ccc([C@@H](CCCNC(=O)c2cccnc2)N2C(=O)c3cccc(N4CCN([C@H](C)c5ccccc5)CC4)c3C2=O)cc1OC. The number of amides is 10. The number of pyridine rings is 2. The molecule has 0 saturated carbocycles. The van der Waals surface area contributed by atoms with Crippen molar-refractivity contribution in [2.75, 3.05) is 162 Å². The number of rotatable bonds is 36. The van der Waals surface area contributed by atoms with E-state index in [4.69, 9.17) is 28.4 Å². The maximum Gasteiger partial charge on any atom is 0.269 e. The number of methoxy groups -OCH3 is 6. The third-order valence-electron chi connectivity index (χ3n) is 29.2. The van der Waals surface area contributed by atoms with Crippen LogP contribution in [-0.4, -0.2) is 257 Å². The van der Waals surface area contributed by atoms with E-state index in [1.807, 2.05) is 91.0 Å². The van der Waals surface area contributed by atoms with Crippen molar-refractivity contribution in [3.63, 3.8) is 0 Å². The molecule has 146 heavy (non-hydrogen) atoms. The minimum Gasteiger partial charge on any atom is -0.493 e. The topological polar surface area (TPSA) is 320 Å². The van der Waals surface area contributed by atoms with Crippen molar-refractivity contribution in [2.45, 2.75) is 121 Å². The van der Waals surface area contributed by atoms with Gasteiger partial charge in [-0.2, -0.15) is 0 Å². The summed E-state index contributed by atoms with van der Waals surface area (Å²) in [5.41, 5.74) is 11.7. The molecule has 0 unspecified atom stereocenters. The second kappa shape index (κ2) is 48.4. The van der Waals surface area contributed by atoms with Crippen LogP contribution in [0.2, 0.25) is 0 Å². The van der Waals surface area contributed by atoms with Crippen LogP contribution in [0.5, 0.6) is 34.5 Å². The second-order valence-corrected chi connectivity index (χ2v) is 37.3. The molecule has 4 saturated heterocycles.